The monoisotopic (exact) mass is 473 g/mol. The van der Waals surface area contributed by atoms with Gasteiger partial charge in [-0.05, 0) is 68.9 Å². The molecule has 1 N–H and O–H groups in total. The van der Waals surface area contributed by atoms with Crippen LogP contribution in [0.15, 0.2) is 53.0 Å². The van der Waals surface area contributed by atoms with Crippen LogP contribution in [-0.4, -0.2) is 62.0 Å². The number of hydrogen-bond acceptors (Lipinski definition) is 4. The number of hydrogen-bond donors (Lipinski definition) is 1. The number of nitrogens with zero attached hydrogens (tertiary/aromatic N) is 2. The molecule has 0 aromatic heterocycles. The molecule has 0 saturated carbocycles. The Hall–Kier alpha value is -2.38. The fraction of sp³-hybridized carbons (Fsp3) is 0.391. The second-order valence-electron chi connectivity index (χ2n) is 7.66. The van der Waals surface area contributed by atoms with Gasteiger partial charge in [0.2, 0.25) is 5.91 Å². The highest BCUT2D eigenvalue weighted by molar-refractivity contribution is 9.10. The maximum atomic E-state index is 13.0. The lowest BCUT2D eigenvalue weighted by atomic mass is 10.1. The predicted molar refractivity (Wildman–Crippen MR) is 121 cm³/mol. The smallest absolute Gasteiger partial charge is 0.254 e. The van der Waals surface area contributed by atoms with Crippen molar-refractivity contribution < 1.29 is 14.3 Å². The Morgan fingerprint density at radius 1 is 1.23 bits per heavy atom. The van der Waals surface area contributed by atoms with Crippen molar-refractivity contribution in [2.24, 2.45) is 0 Å². The van der Waals surface area contributed by atoms with Crippen LogP contribution >= 0.6 is 15.9 Å². The first kappa shape index (κ1) is 22.3. The van der Waals surface area contributed by atoms with E-state index in [-0.39, 0.29) is 17.9 Å². The minimum absolute atomic E-state index is 0.000998. The van der Waals surface area contributed by atoms with Gasteiger partial charge in [-0.2, -0.15) is 0 Å². The van der Waals surface area contributed by atoms with Gasteiger partial charge in [-0.25, -0.2) is 0 Å². The largest absolute Gasteiger partial charge is 0.497 e. The van der Waals surface area contributed by atoms with Gasteiger partial charge in [0.1, 0.15) is 11.8 Å². The van der Waals surface area contributed by atoms with Crippen molar-refractivity contribution in [3.05, 3.63) is 64.1 Å². The van der Waals surface area contributed by atoms with Crippen LogP contribution in [0.25, 0.3) is 0 Å². The van der Waals surface area contributed by atoms with E-state index in [1.54, 1.807) is 24.1 Å². The van der Waals surface area contributed by atoms with Crippen molar-refractivity contribution in [3.63, 3.8) is 0 Å². The number of nitrogens with one attached hydrogen (secondary N) is 1. The summed E-state index contributed by atoms with van der Waals surface area (Å²) in [5.74, 6) is 0.581. The van der Waals surface area contributed by atoms with Gasteiger partial charge in [-0.1, -0.05) is 28.1 Å². The Morgan fingerprint density at radius 2 is 1.97 bits per heavy atom. The molecule has 2 atom stereocenters. The highest BCUT2D eigenvalue weighted by Gasteiger charge is 2.34. The number of ether oxygens (including phenoxy) is 1. The molecule has 2 aromatic rings. The van der Waals surface area contributed by atoms with E-state index in [1.807, 2.05) is 50.5 Å². The fourth-order valence-corrected chi connectivity index (χ4v) is 4.07. The number of benzene rings is 2. The molecule has 6 nitrogen and oxygen atoms in total. The van der Waals surface area contributed by atoms with E-state index in [0.717, 1.165) is 22.2 Å². The Morgan fingerprint density at radius 3 is 2.63 bits per heavy atom. The molecule has 2 amide bonds. The summed E-state index contributed by atoms with van der Waals surface area (Å²) in [4.78, 5) is 29.6. The lowest BCUT2D eigenvalue weighted by Gasteiger charge is -2.28. The van der Waals surface area contributed by atoms with E-state index >= 15 is 0 Å². The van der Waals surface area contributed by atoms with E-state index in [0.29, 0.717) is 25.1 Å². The van der Waals surface area contributed by atoms with Crippen molar-refractivity contribution in [1.82, 2.24) is 15.1 Å². The Balaban J connectivity index is 1.67. The highest BCUT2D eigenvalue weighted by Crippen LogP contribution is 2.24. The molecule has 160 valence electrons. The summed E-state index contributed by atoms with van der Waals surface area (Å²) in [6.45, 7) is 1.05. The third kappa shape index (κ3) is 5.21. The van der Waals surface area contributed by atoms with Gasteiger partial charge in [-0.15, -0.1) is 0 Å². The number of rotatable bonds is 7. The van der Waals surface area contributed by atoms with Crippen LogP contribution in [0.1, 0.15) is 34.8 Å². The van der Waals surface area contributed by atoms with Crippen LogP contribution in [0.4, 0.5) is 0 Å². The number of halogens is 1. The molecule has 0 spiro atoms. The first-order valence-electron chi connectivity index (χ1n) is 10.1. The average molecular weight is 474 g/mol. The predicted octanol–water partition coefficient (Wildman–Crippen LogP) is 3.48. The van der Waals surface area contributed by atoms with Crippen molar-refractivity contribution in [3.8, 4) is 5.75 Å². The number of likely N-dealkylation sites (tertiary alicyclic amines) is 1. The molecule has 1 heterocycles. The van der Waals surface area contributed by atoms with E-state index in [1.165, 1.54) is 0 Å². The molecule has 1 saturated heterocycles. The van der Waals surface area contributed by atoms with Gasteiger partial charge >= 0.3 is 0 Å². The zero-order chi connectivity index (χ0) is 21.7. The summed E-state index contributed by atoms with van der Waals surface area (Å²) >= 11 is 3.39. The van der Waals surface area contributed by atoms with E-state index in [4.69, 9.17) is 4.74 Å². The third-order valence-electron chi connectivity index (χ3n) is 5.48. The van der Waals surface area contributed by atoms with Crippen LogP contribution in [0, 0.1) is 0 Å². The normalized spacial score (nSPS) is 17.1. The van der Waals surface area contributed by atoms with Crippen LogP contribution in [0.3, 0.4) is 0 Å². The van der Waals surface area contributed by atoms with E-state index < -0.39 is 6.04 Å². The van der Waals surface area contributed by atoms with Crippen LogP contribution in [-0.2, 0) is 4.79 Å². The van der Waals surface area contributed by atoms with Gasteiger partial charge in [0.25, 0.3) is 5.91 Å². The molecular weight excluding hydrogens is 446 g/mol. The lowest BCUT2D eigenvalue weighted by molar-refractivity contribution is -0.125. The molecule has 1 aliphatic rings. The quantitative estimate of drug-likeness (QED) is 0.668. The Bertz CT molecular complexity index is 886. The summed E-state index contributed by atoms with van der Waals surface area (Å²) < 4.78 is 6.25. The summed E-state index contributed by atoms with van der Waals surface area (Å²) in [6.07, 6.45) is 1.51. The van der Waals surface area contributed by atoms with Gasteiger partial charge in [0.15, 0.2) is 0 Å². The number of methoxy groups -OCH3 is 1. The zero-order valence-electron chi connectivity index (χ0n) is 17.6. The molecule has 2 aromatic carbocycles. The average Bonchev–Trinajstić information content (AvgIpc) is 3.24. The lowest BCUT2D eigenvalue weighted by Crippen LogP contribution is -2.47. The number of carbonyl (C=O) groups is 2. The summed E-state index contributed by atoms with van der Waals surface area (Å²) in [6, 6.07) is 14.7. The maximum absolute atomic E-state index is 13.0. The van der Waals surface area contributed by atoms with Crippen molar-refractivity contribution in [1.29, 1.82) is 0 Å². The first-order valence-corrected chi connectivity index (χ1v) is 10.8. The molecule has 0 aliphatic carbocycles. The number of carbonyl (C=O) groups excluding carboxylic acids is 2. The highest BCUT2D eigenvalue weighted by atomic mass is 79.9. The van der Waals surface area contributed by atoms with Gasteiger partial charge in [0.05, 0.1) is 13.2 Å². The summed E-state index contributed by atoms with van der Waals surface area (Å²) in [5.41, 5.74) is 1.66. The van der Waals surface area contributed by atoms with Crippen LogP contribution in [0.5, 0.6) is 5.75 Å². The topological polar surface area (TPSA) is 61.9 Å². The fourth-order valence-electron chi connectivity index (χ4n) is 3.80. The van der Waals surface area contributed by atoms with Crippen molar-refractivity contribution in [2.75, 3.05) is 34.3 Å². The minimum atomic E-state index is -0.436. The minimum Gasteiger partial charge on any atom is -0.497 e. The third-order valence-corrected chi connectivity index (χ3v) is 6.01. The van der Waals surface area contributed by atoms with Crippen molar-refractivity contribution >= 4 is 27.7 Å². The van der Waals surface area contributed by atoms with E-state index in [9.17, 15) is 9.59 Å². The summed E-state index contributed by atoms with van der Waals surface area (Å²) in [7, 11) is 5.60. The molecule has 2 unspecified atom stereocenters. The number of likely N-dealkylation sites (N-methyl/N-ethyl adjacent to an activating group) is 1. The Labute approximate surface area is 186 Å². The maximum Gasteiger partial charge on any atom is 0.254 e. The molecule has 7 heteroatoms. The molecule has 3 rings (SSSR count). The van der Waals surface area contributed by atoms with E-state index in [2.05, 4.69) is 26.1 Å². The SMILES string of the molecule is COc1cccc(C(CNC(=O)C2CCCN2C(=O)c2ccc(Br)cc2)N(C)C)c1. The molecule has 0 bridgehead atoms. The van der Waals surface area contributed by atoms with Crippen LogP contribution < -0.4 is 10.1 Å². The number of amides is 2. The molecule has 1 aliphatic heterocycles. The Kier molecular flexibility index (Phi) is 7.50. The van der Waals surface area contributed by atoms with Gasteiger partial charge in [-0.3, -0.25) is 9.59 Å². The van der Waals surface area contributed by atoms with Gasteiger partial charge in [0, 0.05) is 23.1 Å². The summed E-state index contributed by atoms with van der Waals surface area (Å²) in [5, 5.41) is 3.06. The first-order chi connectivity index (χ1) is 14.4. The van der Waals surface area contributed by atoms with Crippen LogP contribution in [0.2, 0.25) is 0 Å². The molecule has 1 fully saturated rings. The molecule has 0 radical (unpaired) electrons. The molecular formula is C23H28BrN3O3. The van der Waals surface area contributed by atoms with Crippen molar-refractivity contribution in [2.45, 2.75) is 24.9 Å². The standard InChI is InChI=1S/C23H28BrN3O3/c1-26(2)21(17-6-4-7-19(14-17)30-3)15-25-22(28)20-8-5-13-27(20)23(29)16-9-11-18(24)12-10-16/h4,6-7,9-12,14,20-21H,5,8,13,15H2,1-3H3,(H,25,28). The second-order valence-corrected chi connectivity index (χ2v) is 8.58. The molecule has 30 heavy (non-hydrogen) atoms. The second kappa shape index (κ2) is 10.1. The van der Waals surface area contributed by atoms with Gasteiger partial charge < -0.3 is 19.9 Å². The zero-order valence-corrected chi connectivity index (χ0v) is 19.2.